The summed E-state index contributed by atoms with van der Waals surface area (Å²) in [4.78, 5) is 0. The molecule has 0 saturated carbocycles. The Balaban J connectivity index is 2.33. The Morgan fingerprint density at radius 2 is 1.68 bits per heavy atom. The molecule has 0 N–H and O–H groups in total. The zero-order valence-electron chi connectivity index (χ0n) is 12.4. The topological polar surface area (TPSA) is 27.7 Å². The predicted octanol–water partition coefficient (Wildman–Crippen LogP) is 3.26. The maximum absolute atomic E-state index is 5.34. The average Bonchev–Trinajstić information content (AvgIpc) is 2.35. The molecule has 0 atom stereocenters. The fourth-order valence-electron chi connectivity index (χ4n) is 2.00. The van der Waals surface area contributed by atoms with Gasteiger partial charge in [-0.25, -0.2) is 0 Å². The molecule has 0 saturated heterocycles. The molecule has 1 aromatic carbocycles. The molecule has 0 amide bonds. The van der Waals surface area contributed by atoms with E-state index in [4.69, 9.17) is 14.2 Å². The molecule has 0 bridgehead atoms. The van der Waals surface area contributed by atoms with E-state index in [0.717, 1.165) is 0 Å². The molecular formula is C16H24O3. The Labute approximate surface area is 116 Å². The van der Waals surface area contributed by atoms with E-state index in [9.17, 15) is 0 Å². The molecule has 3 nitrogen and oxygen atoms in total. The smallest absolute Gasteiger partial charge is 0.147 e. The monoisotopic (exact) mass is 264 g/mol. The molecule has 0 heterocycles. The van der Waals surface area contributed by atoms with E-state index in [0.29, 0.717) is 26.6 Å². The first-order valence-corrected chi connectivity index (χ1v) is 6.54. The first-order chi connectivity index (χ1) is 9.15. The summed E-state index contributed by atoms with van der Waals surface area (Å²) >= 11 is 0. The minimum absolute atomic E-state index is 0.305. The molecule has 1 aromatic rings. The van der Waals surface area contributed by atoms with Gasteiger partial charge in [0.15, 0.2) is 0 Å². The van der Waals surface area contributed by atoms with Crippen LogP contribution in [0.5, 0.6) is 0 Å². The maximum Gasteiger partial charge on any atom is 0.147 e. The van der Waals surface area contributed by atoms with Gasteiger partial charge in [0.2, 0.25) is 0 Å². The highest BCUT2D eigenvalue weighted by molar-refractivity contribution is 5.58. The van der Waals surface area contributed by atoms with Crippen LogP contribution in [0.1, 0.15) is 22.3 Å². The van der Waals surface area contributed by atoms with Gasteiger partial charge < -0.3 is 14.2 Å². The van der Waals surface area contributed by atoms with Crippen molar-refractivity contribution in [1.29, 1.82) is 0 Å². The van der Waals surface area contributed by atoms with Gasteiger partial charge in [-0.3, -0.25) is 0 Å². The van der Waals surface area contributed by atoms with E-state index in [2.05, 4.69) is 39.0 Å². The lowest BCUT2D eigenvalue weighted by Gasteiger charge is -2.07. The third-order valence-corrected chi connectivity index (χ3v) is 2.84. The van der Waals surface area contributed by atoms with Gasteiger partial charge >= 0.3 is 0 Å². The Morgan fingerprint density at radius 1 is 1.00 bits per heavy atom. The molecule has 19 heavy (non-hydrogen) atoms. The zero-order chi connectivity index (χ0) is 14.1. The molecule has 0 aliphatic rings. The second-order valence-electron chi connectivity index (χ2n) is 4.60. The van der Waals surface area contributed by atoms with Crippen molar-refractivity contribution < 1.29 is 14.2 Å². The molecule has 0 aliphatic heterocycles. The summed E-state index contributed by atoms with van der Waals surface area (Å²) in [7, 11) is 1.65. The highest BCUT2D eigenvalue weighted by Gasteiger charge is 1.99. The lowest BCUT2D eigenvalue weighted by molar-refractivity contribution is -0.0570. The summed E-state index contributed by atoms with van der Waals surface area (Å²) in [6.45, 7) is 8.41. The molecule has 0 aliphatic carbocycles. The second kappa shape index (κ2) is 8.86. The molecule has 0 fully saturated rings. The van der Waals surface area contributed by atoms with Crippen molar-refractivity contribution in [2.75, 3.05) is 33.7 Å². The molecule has 0 aromatic heterocycles. The van der Waals surface area contributed by atoms with Gasteiger partial charge in [0.25, 0.3) is 0 Å². The quantitative estimate of drug-likeness (QED) is 0.533. The SMILES string of the molecule is COCCOCOC/C=C/c1c(C)cc(C)cc1C. The van der Waals surface area contributed by atoms with Gasteiger partial charge in [-0.1, -0.05) is 29.8 Å². The van der Waals surface area contributed by atoms with Crippen LogP contribution in [0, 0.1) is 20.8 Å². The Hall–Kier alpha value is -1.16. The number of hydrogen-bond donors (Lipinski definition) is 0. The van der Waals surface area contributed by atoms with Gasteiger partial charge in [-0.2, -0.15) is 0 Å². The number of methoxy groups -OCH3 is 1. The Bertz CT molecular complexity index is 387. The number of ether oxygens (including phenoxy) is 3. The molecule has 106 valence electrons. The minimum atomic E-state index is 0.305. The van der Waals surface area contributed by atoms with Gasteiger partial charge in [0.1, 0.15) is 6.79 Å². The van der Waals surface area contributed by atoms with Crippen LogP contribution in [0.3, 0.4) is 0 Å². The third kappa shape index (κ3) is 6.01. The lowest BCUT2D eigenvalue weighted by atomic mass is 9.99. The van der Waals surface area contributed by atoms with Gasteiger partial charge in [-0.05, 0) is 37.5 Å². The standard InChI is InChI=1S/C16H24O3/c1-13-10-14(2)16(15(3)11-13)6-5-7-18-12-19-9-8-17-4/h5-6,10-11H,7-9,12H2,1-4H3/b6-5+. The van der Waals surface area contributed by atoms with Crippen LogP contribution < -0.4 is 0 Å². The normalized spacial score (nSPS) is 11.4. The van der Waals surface area contributed by atoms with Crippen molar-refractivity contribution in [3.8, 4) is 0 Å². The van der Waals surface area contributed by atoms with Crippen LogP contribution in [0.2, 0.25) is 0 Å². The van der Waals surface area contributed by atoms with Crippen molar-refractivity contribution in [2.24, 2.45) is 0 Å². The van der Waals surface area contributed by atoms with Gasteiger partial charge in [0, 0.05) is 7.11 Å². The van der Waals surface area contributed by atoms with Crippen molar-refractivity contribution >= 4 is 6.08 Å². The first kappa shape index (κ1) is 15.9. The van der Waals surface area contributed by atoms with Gasteiger partial charge in [0.05, 0.1) is 19.8 Å². The van der Waals surface area contributed by atoms with Crippen LogP contribution in [-0.4, -0.2) is 33.7 Å². The van der Waals surface area contributed by atoms with Crippen LogP contribution >= 0.6 is 0 Å². The molecule has 0 radical (unpaired) electrons. The van der Waals surface area contributed by atoms with Crippen molar-refractivity contribution in [3.63, 3.8) is 0 Å². The predicted molar refractivity (Wildman–Crippen MR) is 78.3 cm³/mol. The molecular weight excluding hydrogens is 240 g/mol. The van der Waals surface area contributed by atoms with Crippen LogP contribution in [0.15, 0.2) is 18.2 Å². The number of aryl methyl sites for hydroxylation is 3. The largest absolute Gasteiger partial charge is 0.382 e. The fourth-order valence-corrected chi connectivity index (χ4v) is 2.00. The first-order valence-electron chi connectivity index (χ1n) is 6.54. The van der Waals surface area contributed by atoms with E-state index in [1.807, 2.05) is 6.08 Å². The molecule has 1 rings (SSSR count). The summed E-state index contributed by atoms with van der Waals surface area (Å²) in [6.07, 6.45) is 4.13. The van der Waals surface area contributed by atoms with Crippen molar-refractivity contribution in [1.82, 2.24) is 0 Å². The summed E-state index contributed by atoms with van der Waals surface area (Å²) in [5.74, 6) is 0. The van der Waals surface area contributed by atoms with E-state index < -0.39 is 0 Å². The Morgan fingerprint density at radius 3 is 2.32 bits per heavy atom. The minimum Gasteiger partial charge on any atom is -0.382 e. The highest BCUT2D eigenvalue weighted by Crippen LogP contribution is 2.17. The Kier molecular flexibility index (Phi) is 7.41. The summed E-state index contributed by atoms with van der Waals surface area (Å²) in [5, 5.41) is 0. The summed E-state index contributed by atoms with van der Waals surface area (Å²) in [5.41, 5.74) is 5.17. The number of benzene rings is 1. The van der Waals surface area contributed by atoms with Crippen LogP contribution in [0.25, 0.3) is 6.08 Å². The van der Waals surface area contributed by atoms with Gasteiger partial charge in [-0.15, -0.1) is 0 Å². The van der Waals surface area contributed by atoms with Crippen molar-refractivity contribution in [3.05, 3.63) is 40.5 Å². The lowest BCUT2D eigenvalue weighted by Crippen LogP contribution is -2.05. The summed E-state index contributed by atoms with van der Waals surface area (Å²) < 4.78 is 15.4. The second-order valence-corrected chi connectivity index (χ2v) is 4.60. The highest BCUT2D eigenvalue weighted by atomic mass is 16.7. The maximum atomic E-state index is 5.34. The summed E-state index contributed by atoms with van der Waals surface area (Å²) in [6, 6.07) is 4.39. The average molecular weight is 264 g/mol. The fraction of sp³-hybridized carbons (Fsp3) is 0.500. The van der Waals surface area contributed by atoms with E-state index in [-0.39, 0.29) is 0 Å². The van der Waals surface area contributed by atoms with E-state index >= 15 is 0 Å². The number of hydrogen-bond acceptors (Lipinski definition) is 3. The van der Waals surface area contributed by atoms with Crippen LogP contribution in [-0.2, 0) is 14.2 Å². The molecule has 3 heteroatoms. The third-order valence-electron chi connectivity index (χ3n) is 2.84. The van der Waals surface area contributed by atoms with E-state index in [1.54, 1.807) is 7.11 Å². The van der Waals surface area contributed by atoms with Crippen LogP contribution in [0.4, 0.5) is 0 Å². The number of rotatable bonds is 8. The molecule has 0 unspecified atom stereocenters. The van der Waals surface area contributed by atoms with E-state index in [1.165, 1.54) is 22.3 Å². The van der Waals surface area contributed by atoms with Crippen molar-refractivity contribution in [2.45, 2.75) is 20.8 Å². The zero-order valence-corrected chi connectivity index (χ0v) is 12.4. The molecule has 0 spiro atoms.